The van der Waals surface area contributed by atoms with Crippen LogP contribution in [0.2, 0.25) is 0 Å². The maximum atomic E-state index is 12.2. The fraction of sp³-hybridized carbons (Fsp3) is 0.588. The minimum absolute atomic E-state index is 0.0884. The molecule has 1 aliphatic heterocycles. The maximum Gasteiger partial charge on any atom is 0.410 e. The van der Waals surface area contributed by atoms with E-state index in [0.29, 0.717) is 13.1 Å². The minimum atomic E-state index is -0.463. The highest BCUT2D eigenvalue weighted by molar-refractivity contribution is 5.68. The van der Waals surface area contributed by atoms with Crippen LogP contribution < -0.4 is 5.73 Å². The molecule has 1 aromatic rings. The fourth-order valence-corrected chi connectivity index (χ4v) is 2.72. The van der Waals surface area contributed by atoms with E-state index in [1.807, 2.05) is 26.8 Å². The lowest BCUT2D eigenvalue weighted by Gasteiger charge is -2.37. The summed E-state index contributed by atoms with van der Waals surface area (Å²) in [6.07, 6.45) is 0.560. The maximum absolute atomic E-state index is 12.2. The van der Waals surface area contributed by atoms with Crippen LogP contribution in [0.4, 0.5) is 4.79 Å². The van der Waals surface area contributed by atoms with Crippen molar-refractivity contribution >= 4 is 6.09 Å². The van der Waals surface area contributed by atoms with E-state index in [1.54, 1.807) is 4.90 Å². The molecular formula is C17H26N2O2. The van der Waals surface area contributed by atoms with Crippen molar-refractivity contribution in [2.45, 2.75) is 51.7 Å². The predicted octanol–water partition coefficient (Wildman–Crippen LogP) is 3.05. The number of ether oxygens (including phenoxy) is 1. The van der Waals surface area contributed by atoms with Crippen molar-refractivity contribution in [1.82, 2.24) is 4.90 Å². The first-order valence-corrected chi connectivity index (χ1v) is 7.56. The Morgan fingerprint density at radius 1 is 1.38 bits per heavy atom. The van der Waals surface area contributed by atoms with E-state index < -0.39 is 5.60 Å². The zero-order valence-electron chi connectivity index (χ0n) is 13.4. The summed E-state index contributed by atoms with van der Waals surface area (Å²) < 4.78 is 5.47. The van der Waals surface area contributed by atoms with Gasteiger partial charge >= 0.3 is 6.09 Å². The number of rotatable bonds is 1. The molecule has 0 unspecified atom stereocenters. The summed E-state index contributed by atoms with van der Waals surface area (Å²) in [6.45, 7) is 9.03. The third kappa shape index (κ3) is 4.21. The zero-order valence-corrected chi connectivity index (χ0v) is 13.4. The number of nitrogens with zero attached hydrogens (tertiary/aromatic N) is 1. The van der Waals surface area contributed by atoms with Gasteiger partial charge in [-0.15, -0.1) is 0 Å². The van der Waals surface area contributed by atoms with Crippen LogP contribution in [0.25, 0.3) is 0 Å². The van der Waals surface area contributed by atoms with E-state index in [4.69, 9.17) is 10.5 Å². The molecule has 0 aliphatic carbocycles. The largest absolute Gasteiger partial charge is 0.444 e. The highest BCUT2D eigenvalue weighted by atomic mass is 16.6. The lowest BCUT2D eigenvalue weighted by Crippen LogP contribution is -2.49. The molecule has 1 aliphatic rings. The lowest BCUT2D eigenvalue weighted by molar-refractivity contribution is 0.0186. The van der Waals surface area contributed by atoms with Crippen molar-refractivity contribution in [2.75, 3.05) is 13.1 Å². The number of hydrogen-bond donors (Lipinski definition) is 1. The Bertz CT molecular complexity index is 508. The molecule has 4 heteroatoms. The van der Waals surface area contributed by atoms with Gasteiger partial charge in [-0.1, -0.05) is 29.8 Å². The Morgan fingerprint density at radius 3 is 2.71 bits per heavy atom. The topological polar surface area (TPSA) is 55.6 Å². The molecule has 0 bridgehead atoms. The van der Waals surface area contributed by atoms with Crippen LogP contribution in [-0.2, 0) is 4.74 Å². The molecule has 0 radical (unpaired) electrons. The van der Waals surface area contributed by atoms with Gasteiger partial charge in [-0.25, -0.2) is 4.79 Å². The number of nitrogens with two attached hydrogens (primary N) is 1. The summed E-state index contributed by atoms with van der Waals surface area (Å²) in [5, 5.41) is 0. The average Bonchev–Trinajstić information content (AvgIpc) is 2.37. The van der Waals surface area contributed by atoms with Gasteiger partial charge in [-0.2, -0.15) is 0 Å². The summed E-state index contributed by atoms with van der Waals surface area (Å²) in [5.74, 6) is 0.172. The second kappa shape index (κ2) is 6.06. The number of likely N-dealkylation sites (tertiary alicyclic amines) is 1. The molecule has 1 heterocycles. The van der Waals surface area contributed by atoms with Gasteiger partial charge in [0, 0.05) is 25.0 Å². The second-order valence-corrected chi connectivity index (χ2v) is 6.90. The molecule has 1 amide bonds. The third-order valence-electron chi connectivity index (χ3n) is 3.79. The van der Waals surface area contributed by atoms with Gasteiger partial charge in [-0.05, 0) is 39.7 Å². The van der Waals surface area contributed by atoms with E-state index in [-0.39, 0.29) is 18.1 Å². The lowest BCUT2D eigenvalue weighted by atomic mass is 9.86. The van der Waals surface area contributed by atoms with Crippen molar-refractivity contribution in [1.29, 1.82) is 0 Å². The van der Waals surface area contributed by atoms with Crippen LogP contribution in [0.5, 0.6) is 0 Å². The first kappa shape index (κ1) is 15.8. The second-order valence-electron chi connectivity index (χ2n) is 6.90. The van der Waals surface area contributed by atoms with Crippen molar-refractivity contribution in [3.8, 4) is 0 Å². The van der Waals surface area contributed by atoms with Gasteiger partial charge in [0.2, 0.25) is 0 Å². The van der Waals surface area contributed by atoms with E-state index in [9.17, 15) is 4.79 Å². The van der Waals surface area contributed by atoms with Crippen molar-refractivity contribution in [3.63, 3.8) is 0 Å². The number of aryl methyl sites for hydroxylation is 1. The molecule has 116 valence electrons. The van der Waals surface area contributed by atoms with Crippen LogP contribution in [0.3, 0.4) is 0 Å². The summed E-state index contributed by atoms with van der Waals surface area (Å²) >= 11 is 0. The number of carbonyl (C=O) groups excluding carboxylic acids is 1. The quantitative estimate of drug-likeness (QED) is 0.865. The Balaban J connectivity index is 2.11. The van der Waals surface area contributed by atoms with Gasteiger partial charge in [0.25, 0.3) is 0 Å². The van der Waals surface area contributed by atoms with Crippen molar-refractivity contribution in [3.05, 3.63) is 35.4 Å². The number of hydrogen-bond acceptors (Lipinski definition) is 3. The molecule has 0 aromatic heterocycles. The molecule has 2 N–H and O–H groups in total. The Labute approximate surface area is 127 Å². The highest BCUT2D eigenvalue weighted by Crippen LogP contribution is 2.27. The first-order chi connectivity index (χ1) is 9.76. The van der Waals surface area contributed by atoms with E-state index in [1.165, 1.54) is 11.1 Å². The zero-order chi connectivity index (χ0) is 15.6. The van der Waals surface area contributed by atoms with E-state index >= 15 is 0 Å². The molecule has 2 rings (SSSR count). The van der Waals surface area contributed by atoms with Gasteiger partial charge in [0.05, 0.1) is 0 Å². The molecule has 2 atom stereocenters. The normalized spacial score (nSPS) is 23.0. The minimum Gasteiger partial charge on any atom is -0.444 e. The van der Waals surface area contributed by atoms with Gasteiger partial charge in [-0.3, -0.25) is 0 Å². The van der Waals surface area contributed by atoms with Crippen molar-refractivity contribution in [2.24, 2.45) is 5.73 Å². The molecule has 1 aromatic carbocycles. The summed E-state index contributed by atoms with van der Waals surface area (Å²) in [6, 6.07) is 8.46. The van der Waals surface area contributed by atoms with E-state index in [0.717, 1.165) is 6.42 Å². The fourth-order valence-electron chi connectivity index (χ4n) is 2.72. The molecule has 21 heavy (non-hydrogen) atoms. The number of piperidine rings is 1. The molecule has 1 fully saturated rings. The number of carbonyl (C=O) groups is 1. The Morgan fingerprint density at radius 2 is 2.10 bits per heavy atom. The number of benzene rings is 1. The highest BCUT2D eigenvalue weighted by Gasteiger charge is 2.32. The number of amides is 1. The van der Waals surface area contributed by atoms with Gasteiger partial charge < -0.3 is 15.4 Å². The molecule has 1 saturated heterocycles. The average molecular weight is 290 g/mol. The van der Waals surface area contributed by atoms with Crippen LogP contribution in [-0.4, -0.2) is 35.7 Å². The van der Waals surface area contributed by atoms with Crippen LogP contribution in [0.15, 0.2) is 24.3 Å². The Kier molecular flexibility index (Phi) is 4.57. The van der Waals surface area contributed by atoms with Crippen LogP contribution >= 0.6 is 0 Å². The summed E-state index contributed by atoms with van der Waals surface area (Å²) in [5.41, 5.74) is 8.23. The van der Waals surface area contributed by atoms with Gasteiger partial charge in [0.15, 0.2) is 0 Å². The SMILES string of the molecule is Cc1cccc([C@H]2CN(C(=O)OC(C)(C)C)CC[C@H]2N)c1. The van der Waals surface area contributed by atoms with Crippen molar-refractivity contribution < 1.29 is 9.53 Å². The van der Waals surface area contributed by atoms with Gasteiger partial charge in [0.1, 0.15) is 5.60 Å². The smallest absolute Gasteiger partial charge is 0.410 e. The molecule has 0 saturated carbocycles. The first-order valence-electron chi connectivity index (χ1n) is 7.56. The van der Waals surface area contributed by atoms with Crippen LogP contribution in [0.1, 0.15) is 44.2 Å². The Hall–Kier alpha value is -1.55. The van der Waals surface area contributed by atoms with Crippen LogP contribution in [0, 0.1) is 6.92 Å². The standard InChI is InChI=1S/C17H26N2O2/c1-12-6-5-7-13(10-12)14-11-19(9-8-15(14)18)16(20)21-17(2,3)4/h5-7,10,14-15H,8-9,11,18H2,1-4H3/t14-,15-/m1/s1. The summed E-state index contributed by atoms with van der Waals surface area (Å²) in [4.78, 5) is 14.0. The predicted molar refractivity (Wildman–Crippen MR) is 84.3 cm³/mol. The summed E-state index contributed by atoms with van der Waals surface area (Å²) in [7, 11) is 0. The van der Waals surface area contributed by atoms with E-state index in [2.05, 4.69) is 25.1 Å². The molecular weight excluding hydrogens is 264 g/mol. The molecule has 4 nitrogen and oxygen atoms in total. The molecule has 0 spiro atoms. The monoisotopic (exact) mass is 290 g/mol. The third-order valence-corrected chi connectivity index (χ3v) is 3.79.